The van der Waals surface area contributed by atoms with Gasteiger partial charge in [-0.2, -0.15) is 0 Å². The van der Waals surface area contributed by atoms with Crippen molar-refractivity contribution < 1.29 is 36.3 Å². The molecule has 0 aromatic heterocycles. The number of para-hydroxylation sites is 1. The van der Waals surface area contributed by atoms with Crippen molar-refractivity contribution in [1.82, 2.24) is 10.7 Å². The van der Waals surface area contributed by atoms with Crippen LogP contribution in [0, 0.1) is 29.1 Å². The van der Waals surface area contributed by atoms with Gasteiger partial charge in [-0.05, 0) is 19.1 Å². The average Bonchev–Trinajstić information content (AvgIpc) is 2.69. The fourth-order valence-corrected chi connectivity index (χ4v) is 2.08. The Morgan fingerprint density at radius 2 is 1.50 bits per heavy atom. The third kappa shape index (κ3) is 4.48. The maximum absolute atomic E-state index is 13.5. The third-order valence-corrected chi connectivity index (χ3v) is 3.38. The Hall–Kier alpha value is -3.37. The van der Waals surface area contributed by atoms with E-state index >= 15 is 0 Å². The topological polar surface area (TPSA) is 79.5 Å². The molecule has 2 aromatic carbocycles. The van der Waals surface area contributed by atoms with Crippen molar-refractivity contribution in [3.8, 4) is 5.75 Å². The average molecular weight is 403 g/mol. The van der Waals surface area contributed by atoms with Gasteiger partial charge in [0, 0.05) is 0 Å². The predicted octanol–water partition coefficient (Wildman–Crippen LogP) is 2.65. The van der Waals surface area contributed by atoms with E-state index in [1.54, 1.807) is 36.0 Å². The number of hydrogen-bond donors (Lipinski definition) is 3. The lowest BCUT2D eigenvalue weighted by Gasteiger charge is -2.13. The quantitative estimate of drug-likeness (QED) is 0.288. The van der Waals surface area contributed by atoms with Crippen LogP contribution in [0.2, 0.25) is 0 Å². The fourth-order valence-electron chi connectivity index (χ4n) is 2.08. The molecule has 28 heavy (non-hydrogen) atoms. The molecule has 2 rings (SSSR count). The first-order valence-corrected chi connectivity index (χ1v) is 7.84. The van der Waals surface area contributed by atoms with Gasteiger partial charge in [0.05, 0.1) is 18.7 Å². The van der Waals surface area contributed by atoms with E-state index in [2.05, 4.69) is 5.32 Å². The van der Waals surface area contributed by atoms with Gasteiger partial charge in [-0.15, -0.1) is 0 Å². The molecule has 0 saturated carbocycles. The zero-order chi connectivity index (χ0) is 20.8. The number of benzene rings is 2. The Bertz CT molecular complexity index is 879. The number of hydrogen-bond acceptors (Lipinski definition) is 4. The first-order chi connectivity index (χ1) is 13.3. The number of anilines is 1. The van der Waals surface area contributed by atoms with Crippen molar-refractivity contribution in [1.29, 1.82) is 0 Å². The van der Waals surface area contributed by atoms with Crippen LogP contribution in [0.5, 0.6) is 5.75 Å². The lowest BCUT2D eigenvalue weighted by Crippen LogP contribution is -2.40. The minimum Gasteiger partial charge on any atom is -0.493 e. The highest BCUT2D eigenvalue weighted by Gasteiger charge is 2.26. The van der Waals surface area contributed by atoms with E-state index in [1.165, 1.54) is 6.07 Å². The second-order valence-electron chi connectivity index (χ2n) is 5.23. The Balaban J connectivity index is 1.98. The van der Waals surface area contributed by atoms with Crippen molar-refractivity contribution in [2.75, 3.05) is 18.6 Å². The molecule has 0 aliphatic rings. The van der Waals surface area contributed by atoms with Gasteiger partial charge in [-0.3, -0.25) is 20.4 Å². The number of carbonyl (C=O) groups is 2. The van der Waals surface area contributed by atoms with Crippen LogP contribution < -0.4 is 20.9 Å². The van der Waals surface area contributed by atoms with Crippen molar-refractivity contribution in [2.45, 2.75) is 6.92 Å². The molecule has 6 nitrogen and oxygen atoms in total. The second-order valence-corrected chi connectivity index (χ2v) is 5.23. The van der Waals surface area contributed by atoms with Crippen molar-refractivity contribution in [3.05, 3.63) is 58.9 Å². The van der Waals surface area contributed by atoms with Crippen molar-refractivity contribution in [3.63, 3.8) is 0 Å². The minimum atomic E-state index is -2.33. The van der Waals surface area contributed by atoms with Gasteiger partial charge in [0.2, 0.25) is 5.82 Å². The molecule has 3 N–H and O–H groups in total. The standard InChI is InChI=1S/C17H14F5N3O3/c1-2-28-9-6-4-3-5-8(9)17(27)23-7-10(26)24-25-16-14(21)12(19)11(18)13(20)15(16)22/h3-6,25H,2,7H2,1H3,(H,23,27)(H,24,26). The number of nitrogens with one attached hydrogen (secondary N) is 3. The normalized spacial score (nSPS) is 10.4. The molecule has 0 aliphatic heterocycles. The molecular formula is C17H14F5N3O3. The number of amides is 2. The highest BCUT2D eigenvalue weighted by molar-refractivity contribution is 5.98. The molecule has 150 valence electrons. The lowest BCUT2D eigenvalue weighted by atomic mass is 10.2. The lowest BCUT2D eigenvalue weighted by molar-refractivity contribution is -0.119. The van der Waals surface area contributed by atoms with E-state index in [9.17, 15) is 31.5 Å². The summed E-state index contributed by atoms with van der Waals surface area (Å²) in [5, 5.41) is 2.23. The van der Waals surface area contributed by atoms with Crippen LogP contribution in [0.1, 0.15) is 17.3 Å². The molecule has 0 fully saturated rings. The van der Waals surface area contributed by atoms with Crippen LogP contribution in [0.15, 0.2) is 24.3 Å². The summed E-state index contributed by atoms with van der Waals surface area (Å²) in [5.74, 6) is -12.4. The van der Waals surface area contributed by atoms with Gasteiger partial charge in [-0.1, -0.05) is 12.1 Å². The van der Waals surface area contributed by atoms with Crippen LogP contribution in [0.3, 0.4) is 0 Å². The van der Waals surface area contributed by atoms with Gasteiger partial charge in [0.25, 0.3) is 11.8 Å². The predicted molar refractivity (Wildman–Crippen MR) is 87.9 cm³/mol. The molecule has 0 unspecified atom stereocenters. The zero-order valence-corrected chi connectivity index (χ0v) is 14.3. The summed E-state index contributed by atoms with van der Waals surface area (Å²) in [5.41, 5.74) is 2.05. The first-order valence-electron chi connectivity index (χ1n) is 7.84. The molecule has 2 amide bonds. The number of ether oxygens (including phenoxy) is 1. The summed E-state index contributed by atoms with van der Waals surface area (Å²) in [6.45, 7) is 1.37. The molecule has 2 aromatic rings. The highest BCUT2D eigenvalue weighted by Crippen LogP contribution is 2.26. The maximum Gasteiger partial charge on any atom is 0.257 e. The summed E-state index contributed by atoms with van der Waals surface area (Å²) >= 11 is 0. The Morgan fingerprint density at radius 1 is 0.929 bits per heavy atom. The molecule has 0 atom stereocenters. The van der Waals surface area contributed by atoms with Gasteiger partial charge >= 0.3 is 0 Å². The van der Waals surface area contributed by atoms with E-state index in [4.69, 9.17) is 4.74 Å². The van der Waals surface area contributed by atoms with Gasteiger partial charge in [-0.25, -0.2) is 22.0 Å². The number of hydrazine groups is 1. The first kappa shape index (κ1) is 20.9. The Morgan fingerprint density at radius 3 is 2.11 bits per heavy atom. The van der Waals surface area contributed by atoms with Crippen molar-refractivity contribution in [2.24, 2.45) is 0 Å². The zero-order valence-electron chi connectivity index (χ0n) is 14.3. The summed E-state index contributed by atoms with van der Waals surface area (Å²) in [7, 11) is 0. The van der Waals surface area contributed by atoms with Crippen LogP contribution in [-0.2, 0) is 4.79 Å². The van der Waals surface area contributed by atoms with E-state index in [0.717, 1.165) is 0 Å². The minimum absolute atomic E-state index is 0.143. The number of halogens is 5. The monoisotopic (exact) mass is 403 g/mol. The van der Waals surface area contributed by atoms with Gasteiger partial charge in [0.15, 0.2) is 23.3 Å². The summed E-state index contributed by atoms with van der Waals surface area (Å²) in [6.07, 6.45) is 0. The Labute approximate surface area is 155 Å². The smallest absolute Gasteiger partial charge is 0.257 e. The van der Waals surface area contributed by atoms with Crippen LogP contribution in [-0.4, -0.2) is 25.0 Å². The van der Waals surface area contributed by atoms with E-state index in [-0.39, 0.29) is 11.3 Å². The van der Waals surface area contributed by atoms with E-state index < -0.39 is 53.1 Å². The van der Waals surface area contributed by atoms with Crippen LogP contribution in [0.25, 0.3) is 0 Å². The molecule has 0 spiro atoms. The van der Waals surface area contributed by atoms with E-state index in [0.29, 0.717) is 6.61 Å². The maximum atomic E-state index is 13.5. The summed E-state index contributed by atoms with van der Waals surface area (Å²) < 4.78 is 71.4. The van der Waals surface area contributed by atoms with Crippen LogP contribution in [0.4, 0.5) is 27.6 Å². The fraction of sp³-hybridized carbons (Fsp3) is 0.176. The SMILES string of the molecule is CCOc1ccccc1C(=O)NCC(=O)NNc1c(F)c(F)c(F)c(F)c1F. The molecule has 0 radical (unpaired) electrons. The van der Waals surface area contributed by atoms with Gasteiger partial charge in [0.1, 0.15) is 11.4 Å². The second kappa shape index (κ2) is 9.02. The Kier molecular flexibility index (Phi) is 6.74. The molecule has 11 heteroatoms. The molecule has 0 heterocycles. The van der Waals surface area contributed by atoms with Crippen molar-refractivity contribution >= 4 is 17.5 Å². The van der Waals surface area contributed by atoms with Crippen LogP contribution >= 0.6 is 0 Å². The summed E-state index contributed by atoms with van der Waals surface area (Å²) in [6, 6.07) is 6.21. The third-order valence-electron chi connectivity index (χ3n) is 3.38. The van der Waals surface area contributed by atoms with Gasteiger partial charge < -0.3 is 10.1 Å². The summed E-state index contributed by atoms with van der Waals surface area (Å²) in [4.78, 5) is 23.8. The molecular weight excluding hydrogens is 389 g/mol. The molecule has 0 bridgehead atoms. The van der Waals surface area contributed by atoms with E-state index in [1.807, 2.05) is 0 Å². The molecule has 0 aliphatic carbocycles. The number of carbonyl (C=O) groups excluding carboxylic acids is 2. The largest absolute Gasteiger partial charge is 0.493 e. The molecule has 0 saturated heterocycles. The number of rotatable bonds is 7. The highest BCUT2D eigenvalue weighted by atomic mass is 19.2.